The molecule has 29 heavy (non-hydrogen) atoms. The first-order valence-corrected chi connectivity index (χ1v) is 10.1. The van der Waals surface area contributed by atoms with Gasteiger partial charge in [-0.1, -0.05) is 0 Å². The van der Waals surface area contributed by atoms with E-state index in [0.29, 0.717) is 48.9 Å². The predicted octanol–water partition coefficient (Wildman–Crippen LogP) is 2.22. The lowest BCUT2D eigenvalue weighted by atomic mass is 9.93. The van der Waals surface area contributed by atoms with Crippen LogP contribution in [0.1, 0.15) is 43.0 Å². The van der Waals surface area contributed by atoms with Crippen LogP contribution in [-0.4, -0.2) is 55.6 Å². The van der Waals surface area contributed by atoms with Gasteiger partial charge in [-0.15, -0.1) is 0 Å². The molecule has 0 aromatic heterocycles. The lowest BCUT2D eigenvalue weighted by Gasteiger charge is -2.34. The van der Waals surface area contributed by atoms with Gasteiger partial charge in [0.2, 0.25) is 18.6 Å². The topological polar surface area (TPSA) is 94.2 Å². The zero-order valence-electron chi connectivity index (χ0n) is 16.6. The minimum absolute atomic E-state index is 0.0469. The smallest absolute Gasteiger partial charge is 0.231 e. The summed E-state index contributed by atoms with van der Waals surface area (Å²) in [5.41, 5.74) is 0.822. The maximum Gasteiger partial charge on any atom is 0.231 e. The Bertz CT molecular complexity index is 818. The zero-order chi connectivity index (χ0) is 20.4. The number of rotatable bonds is 5. The Morgan fingerprint density at radius 1 is 1.17 bits per heavy atom. The van der Waals surface area contributed by atoms with E-state index in [4.69, 9.17) is 14.2 Å². The Kier molecular flexibility index (Phi) is 5.71. The average Bonchev–Trinajstić information content (AvgIpc) is 3.38. The van der Waals surface area contributed by atoms with Gasteiger partial charge in [-0.25, -0.2) is 0 Å². The van der Waals surface area contributed by atoms with E-state index in [1.807, 2.05) is 4.90 Å². The maximum atomic E-state index is 12.7. The molecular formula is C21H26N2O6. The maximum absolute atomic E-state index is 12.7. The summed E-state index contributed by atoms with van der Waals surface area (Å²) in [5, 5.41) is 2.85. The second-order valence-corrected chi connectivity index (χ2v) is 7.91. The van der Waals surface area contributed by atoms with E-state index in [-0.39, 0.29) is 36.2 Å². The lowest BCUT2D eigenvalue weighted by molar-refractivity contribution is -0.138. The van der Waals surface area contributed by atoms with Crippen LogP contribution in [0.5, 0.6) is 11.5 Å². The van der Waals surface area contributed by atoms with Crippen LogP contribution in [0.4, 0.5) is 5.69 Å². The van der Waals surface area contributed by atoms with Crippen molar-refractivity contribution in [1.82, 2.24) is 4.90 Å². The molecule has 4 rings (SSSR count). The minimum Gasteiger partial charge on any atom is -0.454 e. The molecule has 2 amide bonds. The molecule has 2 unspecified atom stereocenters. The van der Waals surface area contributed by atoms with E-state index < -0.39 is 0 Å². The number of benzene rings is 1. The normalized spacial score (nSPS) is 23.1. The summed E-state index contributed by atoms with van der Waals surface area (Å²) < 4.78 is 16.0. The van der Waals surface area contributed by atoms with E-state index >= 15 is 0 Å². The van der Waals surface area contributed by atoms with Crippen LogP contribution in [0.15, 0.2) is 12.1 Å². The first-order valence-electron chi connectivity index (χ1n) is 10.1. The van der Waals surface area contributed by atoms with E-state index in [2.05, 4.69) is 5.32 Å². The summed E-state index contributed by atoms with van der Waals surface area (Å²) in [6, 6.07) is 3.23. The number of ketones is 1. The van der Waals surface area contributed by atoms with Crippen molar-refractivity contribution >= 4 is 23.3 Å². The predicted molar refractivity (Wildman–Crippen MR) is 104 cm³/mol. The van der Waals surface area contributed by atoms with Gasteiger partial charge in [0.1, 0.15) is 0 Å². The van der Waals surface area contributed by atoms with E-state index in [1.165, 1.54) is 6.92 Å². The summed E-state index contributed by atoms with van der Waals surface area (Å²) >= 11 is 0. The van der Waals surface area contributed by atoms with Gasteiger partial charge in [-0.2, -0.15) is 0 Å². The Morgan fingerprint density at radius 3 is 2.69 bits per heavy atom. The van der Waals surface area contributed by atoms with Gasteiger partial charge in [0, 0.05) is 37.7 Å². The highest BCUT2D eigenvalue weighted by atomic mass is 16.7. The number of Topliss-reactive ketones (excluding diaryl/α,β-unsaturated/α-hetero) is 1. The third-order valence-corrected chi connectivity index (χ3v) is 5.75. The molecule has 2 saturated heterocycles. The molecule has 1 aromatic carbocycles. The summed E-state index contributed by atoms with van der Waals surface area (Å²) in [7, 11) is 0. The van der Waals surface area contributed by atoms with Gasteiger partial charge in [0.25, 0.3) is 0 Å². The van der Waals surface area contributed by atoms with Gasteiger partial charge < -0.3 is 24.4 Å². The minimum atomic E-state index is -0.171. The van der Waals surface area contributed by atoms with Crippen LogP contribution in [-0.2, 0) is 14.3 Å². The zero-order valence-corrected chi connectivity index (χ0v) is 16.6. The first-order chi connectivity index (χ1) is 14.0. The number of piperidine rings is 1. The Morgan fingerprint density at radius 2 is 1.97 bits per heavy atom. The van der Waals surface area contributed by atoms with Crippen molar-refractivity contribution in [2.75, 3.05) is 38.4 Å². The van der Waals surface area contributed by atoms with Crippen molar-refractivity contribution in [2.45, 2.75) is 32.6 Å². The van der Waals surface area contributed by atoms with Gasteiger partial charge in [0.15, 0.2) is 17.3 Å². The third-order valence-electron chi connectivity index (χ3n) is 5.75. The van der Waals surface area contributed by atoms with E-state index in [0.717, 1.165) is 25.8 Å². The lowest BCUT2D eigenvalue weighted by Crippen LogP contribution is -2.43. The molecule has 0 aliphatic carbocycles. The number of likely N-dealkylation sites (tertiary alicyclic amines) is 1. The molecule has 0 saturated carbocycles. The summed E-state index contributed by atoms with van der Waals surface area (Å²) in [5.74, 6) is 0.882. The molecule has 0 bridgehead atoms. The monoisotopic (exact) mass is 402 g/mol. The number of fused-ring (bicyclic) bond motifs is 1. The fraction of sp³-hybridized carbons (Fsp3) is 0.571. The number of nitrogens with zero attached hydrogens (tertiary/aromatic N) is 1. The number of hydrogen-bond donors (Lipinski definition) is 1. The van der Waals surface area contributed by atoms with Crippen LogP contribution in [0.3, 0.4) is 0 Å². The van der Waals surface area contributed by atoms with Crippen molar-refractivity contribution in [3.63, 3.8) is 0 Å². The Labute approximate surface area is 169 Å². The number of anilines is 1. The number of ether oxygens (including phenoxy) is 3. The number of carbonyl (C=O) groups excluding carboxylic acids is 3. The summed E-state index contributed by atoms with van der Waals surface area (Å²) in [6.45, 7) is 4.02. The summed E-state index contributed by atoms with van der Waals surface area (Å²) in [4.78, 5) is 39.2. The highest BCUT2D eigenvalue weighted by Gasteiger charge is 2.32. The van der Waals surface area contributed by atoms with E-state index in [9.17, 15) is 14.4 Å². The van der Waals surface area contributed by atoms with Crippen molar-refractivity contribution in [3.8, 4) is 11.5 Å². The van der Waals surface area contributed by atoms with Crippen LogP contribution < -0.4 is 14.8 Å². The molecule has 156 valence electrons. The molecule has 3 aliphatic heterocycles. The highest BCUT2D eigenvalue weighted by Crippen LogP contribution is 2.37. The van der Waals surface area contributed by atoms with Crippen LogP contribution >= 0.6 is 0 Å². The van der Waals surface area contributed by atoms with Crippen LogP contribution in [0.25, 0.3) is 0 Å². The molecule has 0 radical (unpaired) electrons. The van der Waals surface area contributed by atoms with Crippen molar-refractivity contribution in [3.05, 3.63) is 17.7 Å². The van der Waals surface area contributed by atoms with Crippen molar-refractivity contribution in [2.24, 2.45) is 11.8 Å². The molecule has 8 nitrogen and oxygen atoms in total. The van der Waals surface area contributed by atoms with Crippen molar-refractivity contribution in [1.29, 1.82) is 0 Å². The molecule has 3 heterocycles. The average molecular weight is 402 g/mol. The first kappa shape index (κ1) is 19.7. The fourth-order valence-corrected chi connectivity index (χ4v) is 4.22. The quantitative estimate of drug-likeness (QED) is 0.759. The van der Waals surface area contributed by atoms with Gasteiger partial charge in [0.05, 0.1) is 18.2 Å². The fourth-order valence-electron chi connectivity index (χ4n) is 4.22. The molecule has 2 atom stereocenters. The standard InChI is InChI=1S/C21H26N2O6/c1-13(24)16-8-18-19(29-12-28-18)9-17(16)22-20(25)7-14-3-2-5-23(10-14)21(26)15-4-6-27-11-15/h8-9,14-15H,2-7,10-12H2,1H3,(H,22,25). The number of carbonyl (C=O) groups is 3. The van der Waals surface area contributed by atoms with Gasteiger partial charge in [-0.3, -0.25) is 14.4 Å². The highest BCUT2D eigenvalue weighted by molar-refractivity contribution is 6.04. The second-order valence-electron chi connectivity index (χ2n) is 7.91. The number of nitrogens with one attached hydrogen (secondary N) is 1. The van der Waals surface area contributed by atoms with Gasteiger partial charge >= 0.3 is 0 Å². The number of hydrogen-bond acceptors (Lipinski definition) is 6. The molecule has 1 N–H and O–H groups in total. The molecule has 1 aromatic rings. The van der Waals surface area contributed by atoms with Gasteiger partial charge in [-0.05, 0) is 38.2 Å². The Balaban J connectivity index is 1.38. The van der Waals surface area contributed by atoms with Crippen molar-refractivity contribution < 1.29 is 28.6 Å². The van der Waals surface area contributed by atoms with E-state index in [1.54, 1.807) is 12.1 Å². The SMILES string of the molecule is CC(=O)c1cc2c(cc1NC(=O)CC1CCCN(C(=O)C3CCOC3)C1)OCO2. The molecule has 8 heteroatoms. The third kappa shape index (κ3) is 4.37. The molecule has 2 fully saturated rings. The largest absolute Gasteiger partial charge is 0.454 e. The molecule has 3 aliphatic rings. The summed E-state index contributed by atoms with van der Waals surface area (Å²) in [6.07, 6.45) is 2.87. The molecular weight excluding hydrogens is 376 g/mol. The number of amides is 2. The van der Waals surface area contributed by atoms with Crippen LogP contribution in [0.2, 0.25) is 0 Å². The second kappa shape index (κ2) is 8.41. The molecule has 0 spiro atoms. The Hall–Kier alpha value is -2.61. The van der Waals surface area contributed by atoms with Crippen LogP contribution in [0, 0.1) is 11.8 Å².